The Bertz CT molecular complexity index is 383. The molecule has 0 aliphatic heterocycles. The van der Waals surface area contributed by atoms with Crippen molar-refractivity contribution in [3.05, 3.63) is 17.5 Å². The summed E-state index contributed by atoms with van der Waals surface area (Å²) in [5.74, 6) is 0.835. The van der Waals surface area contributed by atoms with Crippen LogP contribution in [0, 0.1) is 5.92 Å². The van der Waals surface area contributed by atoms with Crippen molar-refractivity contribution >= 4 is 0 Å². The van der Waals surface area contributed by atoms with E-state index < -0.39 is 0 Å². The molecule has 0 saturated carbocycles. The van der Waals surface area contributed by atoms with Crippen LogP contribution in [0.5, 0.6) is 0 Å². The Morgan fingerprint density at radius 1 is 1.47 bits per heavy atom. The molecule has 108 valence electrons. The number of rotatable bonds is 7. The molecule has 1 aliphatic carbocycles. The van der Waals surface area contributed by atoms with Gasteiger partial charge in [0.05, 0.1) is 6.20 Å². The van der Waals surface area contributed by atoms with Crippen molar-refractivity contribution in [1.82, 2.24) is 15.1 Å². The van der Waals surface area contributed by atoms with Gasteiger partial charge < -0.3 is 5.32 Å². The fourth-order valence-corrected chi connectivity index (χ4v) is 3.17. The van der Waals surface area contributed by atoms with E-state index in [1.165, 1.54) is 56.2 Å². The lowest BCUT2D eigenvalue weighted by atomic mass is 9.92. The second-order valence-corrected chi connectivity index (χ2v) is 5.94. The summed E-state index contributed by atoms with van der Waals surface area (Å²) in [5.41, 5.74) is 2.88. The van der Waals surface area contributed by atoms with Crippen molar-refractivity contribution in [3.63, 3.8) is 0 Å². The van der Waals surface area contributed by atoms with E-state index in [2.05, 4.69) is 42.2 Å². The molecule has 0 bridgehead atoms. The zero-order chi connectivity index (χ0) is 13.7. The first-order valence-electron chi connectivity index (χ1n) is 8.00. The maximum Gasteiger partial charge on any atom is 0.0540 e. The maximum absolute atomic E-state index is 4.42. The first-order valence-corrected chi connectivity index (χ1v) is 8.00. The van der Waals surface area contributed by atoms with E-state index in [1.54, 1.807) is 0 Å². The molecule has 3 heteroatoms. The van der Waals surface area contributed by atoms with Crippen LogP contribution in [-0.2, 0) is 13.5 Å². The molecule has 0 aromatic carbocycles. The van der Waals surface area contributed by atoms with Gasteiger partial charge in [-0.3, -0.25) is 4.68 Å². The van der Waals surface area contributed by atoms with Gasteiger partial charge >= 0.3 is 0 Å². The molecule has 3 nitrogen and oxygen atoms in total. The minimum absolute atomic E-state index is 0.535. The van der Waals surface area contributed by atoms with Gasteiger partial charge in [0, 0.05) is 24.3 Å². The van der Waals surface area contributed by atoms with E-state index in [0.717, 1.165) is 12.5 Å². The Morgan fingerprint density at radius 2 is 2.32 bits per heavy atom. The maximum atomic E-state index is 4.42. The van der Waals surface area contributed by atoms with E-state index in [9.17, 15) is 0 Å². The van der Waals surface area contributed by atoms with Crippen molar-refractivity contribution in [2.75, 3.05) is 6.54 Å². The van der Waals surface area contributed by atoms with Crippen LogP contribution in [-0.4, -0.2) is 16.3 Å². The molecule has 1 N–H and O–H groups in total. The average Bonchev–Trinajstić information content (AvgIpc) is 2.82. The Morgan fingerprint density at radius 3 is 3.05 bits per heavy atom. The van der Waals surface area contributed by atoms with Gasteiger partial charge in [-0.1, -0.05) is 33.1 Å². The number of hydrogen-bond acceptors (Lipinski definition) is 2. The summed E-state index contributed by atoms with van der Waals surface area (Å²) in [7, 11) is 2.07. The molecule has 19 heavy (non-hydrogen) atoms. The van der Waals surface area contributed by atoms with E-state index in [0.29, 0.717) is 6.04 Å². The van der Waals surface area contributed by atoms with Gasteiger partial charge in [0.2, 0.25) is 0 Å². The Balaban J connectivity index is 1.89. The van der Waals surface area contributed by atoms with Crippen LogP contribution in [0.2, 0.25) is 0 Å². The standard InChI is InChI=1S/C16H29N3/c1-4-6-8-13(5-2)11-17-15-9-7-10-16-14(15)12-18-19(16)3/h12-13,15,17H,4-11H2,1-3H3. The van der Waals surface area contributed by atoms with Gasteiger partial charge in [0.25, 0.3) is 0 Å². The average molecular weight is 263 g/mol. The van der Waals surface area contributed by atoms with Crippen molar-refractivity contribution in [2.45, 2.75) is 64.8 Å². The predicted molar refractivity (Wildman–Crippen MR) is 80.2 cm³/mol. The third-order valence-electron chi connectivity index (χ3n) is 4.57. The largest absolute Gasteiger partial charge is 0.310 e. The van der Waals surface area contributed by atoms with E-state index in [4.69, 9.17) is 0 Å². The zero-order valence-electron chi connectivity index (χ0n) is 12.8. The van der Waals surface area contributed by atoms with Crippen molar-refractivity contribution in [1.29, 1.82) is 0 Å². The number of fused-ring (bicyclic) bond motifs is 1. The summed E-state index contributed by atoms with van der Waals surface area (Å²) >= 11 is 0. The van der Waals surface area contributed by atoms with Gasteiger partial charge in [0.1, 0.15) is 0 Å². The molecule has 0 radical (unpaired) electrons. The van der Waals surface area contributed by atoms with Crippen LogP contribution in [0.4, 0.5) is 0 Å². The Hall–Kier alpha value is -0.830. The summed E-state index contributed by atoms with van der Waals surface area (Å²) in [5, 5.41) is 8.22. The molecule has 2 unspecified atom stereocenters. The highest BCUT2D eigenvalue weighted by Crippen LogP contribution is 2.29. The molecule has 0 saturated heterocycles. The highest BCUT2D eigenvalue weighted by molar-refractivity contribution is 5.24. The second kappa shape index (κ2) is 7.09. The Labute approximate surface area is 117 Å². The van der Waals surface area contributed by atoms with Crippen LogP contribution in [0.3, 0.4) is 0 Å². The summed E-state index contributed by atoms with van der Waals surface area (Å²) in [6.07, 6.45) is 11.1. The van der Waals surface area contributed by atoms with Crippen molar-refractivity contribution in [3.8, 4) is 0 Å². The molecule has 1 heterocycles. The summed E-state index contributed by atoms with van der Waals surface area (Å²) in [6, 6.07) is 0.535. The zero-order valence-corrected chi connectivity index (χ0v) is 12.8. The van der Waals surface area contributed by atoms with Gasteiger partial charge in [-0.2, -0.15) is 5.10 Å². The number of hydrogen-bond donors (Lipinski definition) is 1. The third kappa shape index (κ3) is 3.59. The lowest BCUT2D eigenvalue weighted by molar-refractivity contribution is 0.369. The predicted octanol–water partition coefficient (Wildman–Crippen LogP) is 3.60. The van der Waals surface area contributed by atoms with Crippen molar-refractivity contribution in [2.24, 2.45) is 13.0 Å². The number of aromatic nitrogens is 2. The lowest BCUT2D eigenvalue weighted by Crippen LogP contribution is -2.29. The molecule has 2 atom stereocenters. The van der Waals surface area contributed by atoms with Crippen LogP contribution in [0.15, 0.2) is 6.20 Å². The molecular weight excluding hydrogens is 234 g/mol. The second-order valence-electron chi connectivity index (χ2n) is 5.94. The monoisotopic (exact) mass is 263 g/mol. The molecular formula is C16H29N3. The molecule has 0 fully saturated rings. The molecule has 1 aromatic heterocycles. The smallest absolute Gasteiger partial charge is 0.0540 e. The highest BCUT2D eigenvalue weighted by atomic mass is 15.3. The number of aryl methyl sites for hydroxylation is 1. The molecule has 0 spiro atoms. The van der Waals surface area contributed by atoms with Gasteiger partial charge in [-0.15, -0.1) is 0 Å². The van der Waals surface area contributed by atoms with Crippen LogP contribution >= 0.6 is 0 Å². The lowest BCUT2D eigenvalue weighted by Gasteiger charge is -2.26. The molecule has 0 amide bonds. The minimum atomic E-state index is 0.535. The molecule has 1 aromatic rings. The van der Waals surface area contributed by atoms with E-state index in [1.807, 2.05) is 0 Å². The van der Waals surface area contributed by atoms with Crippen molar-refractivity contribution < 1.29 is 0 Å². The van der Waals surface area contributed by atoms with Crippen LogP contribution in [0.1, 0.15) is 69.7 Å². The normalized spacial score (nSPS) is 20.3. The molecule has 1 aliphatic rings. The fraction of sp³-hybridized carbons (Fsp3) is 0.812. The summed E-state index contributed by atoms with van der Waals surface area (Å²) < 4.78 is 2.05. The van der Waals surface area contributed by atoms with Crippen LogP contribution < -0.4 is 5.32 Å². The molecule has 2 rings (SSSR count). The summed E-state index contributed by atoms with van der Waals surface area (Å²) in [4.78, 5) is 0. The minimum Gasteiger partial charge on any atom is -0.310 e. The third-order valence-corrected chi connectivity index (χ3v) is 4.57. The highest BCUT2D eigenvalue weighted by Gasteiger charge is 2.23. The van der Waals surface area contributed by atoms with Gasteiger partial charge in [-0.25, -0.2) is 0 Å². The number of nitrogens with one attached hydrogen (secondary N) is 1. The van der Waals surface area contributed by atoms with E-state index >= 15 is 0 Å². The van der Waals surface area contributed by atoms with Gasteiger partial charge in [-0.05, 0) is 38.1 Å². The number of nitrogens with zero attached hydrogens (tertiary/aromatic N) is 2. The Kier molecular flexibility index (Phi) is 5.44. The summed E-state index contributed by atoms with van der Waals surface area (Å²) in [6.45, 7) is 5.76. The quantitative estimate of drug-likeness (QED) is 0.814. The first kappa shape index (κ1) is 14.6. The van der Waals surface area contributed by atoms with E-state index in [-0.39, 0.29) is 0 Å². The van der Waals surface area contributed by atoms with Crippen LogP contribution in [0.25, 0.3) is 0 Å². The fourth-order valence-electron chi connectivity index (χ4n) is 3.17. The topological polar surface area (TPSA) is 29.9 Å². The van der Waals surface area contributed by atoms with Gasteiger partial charge in [0.15, 0.2) is 0 Å². The number of unbranched alkanes of at least 4 members (excludes halogenated alkanes) is 1. The SMILES string of the molecule is CCCCC(CC)CNC1CCCc2c1cnn2C. The first-order chi connectivity index (χ1) is 9.26.